The van der Waals surface area contributed by atoms with Gasteiger partial charge in [0.15, 0.2) is 0 Å². The molecule has 1 N–H and O–H groups in total. The fourth-order valence-electron chi connectivity index (χ4n) is 4.33. The molecule has 2 aromatic rings. The van der Waals surface area contributed by atoms with Gasteiger partial charge in [0.2, 0.25) is 11.8 Å². The quantitative estimate of drug-likeness (QED) is 0.795. The Bertz CT molecular complexity index is 859. The molecule has 0 spiro atoms. The molecule has 0 aliphatic carbocycles. The first-order chi connectivity index (χ1) is 14.2. The van der Waals surface area contributed by atoms with Crippen molar-refractivity contribution in [1.82, 2.24) is 15.2 Å². The Balaban J connectivity index is 0.00000256. The Morgan fingerprint density at radius 2 is 2.03 bits per heavy atom. The maximum absolute atomic E-state index is 13.3. The molecule has 2 unspecified atom stereocenters. The van der Waals surface area contributed by atoms with Crippen LogP contribution >= 0.6 is 12.4 Å². The second-order valence-corrected chi connectivity index (χ2v) is 7.86. The van der Waals surface area contributed by atoms with E-state index in [9.17, 15) is 9.59 Å². The highest BCUT2D eigenvalue weighted by atomic mass is 35.5. The summed E-state index contributed by atoms with van der Waals surface area (Å²) in [5.41, 5.74) is 3.19. The molecular formula is C23H29ClN4O2. The second-order valence-electron chi connectivity index (χ2n) is 7.86. The highest BCUT2D eigenvalue weighted by molar-refractivity contribution is 6.00. The van der Waals surface area contributed by atoms with E-state index in [1.807, 2.05) is 35.4 Å². The van der Waals surface area contributed by atoms with E-state index in [1.165, 1.54) is 5.56 Å². The first-order valence-electron chi connectivity index (χ1n) is 10.5. The number of pyridine rings is 1. The first-order valence-corrected chi connectivity index (χ1v) is 10.5. The molecule has 0 radical (unpaired) electrons. The molecule has 1 aromatic heterocycles. The summed E-state index contributed by atoms with van der Waals surface area (Å²) in [6, 6.07) is 12.0. The minimum Gasteiger partial charge on any atom is -0.333 e. The van der Waals surface area contributed by atoms with Crippen LogP contribution in [0.1, 0.15) is 36.9 Å². The second kappa shape index (κ2) is 10.0. The lowest BCUT2D eigenvalue weighted by Crippen LogP contribution is -2.50. The first kappa shape index (κ1) is 22.2. The molecule has 0 saturated carbocycles. The summed E-state index contributed by atoms with van der Waals surface area (Å²) in [5, 5.41) is 3.37. The third-order valence-corrected chi connectivity index (χ3v) is 5.86. The number of carbonyl (C=O) groups is 2. The monoisotopic (exact) mass is 428 g/mol. The zero-order valence-corrected chi connectivity index (χ0v) is 18.1. The van der Waals surface area contributed by atoms with Crippen LogP contribution in [0.5, 0.6) is 0 Å². The molecule has 7 heteroatoms. The largest absolute Gasteiger partial charge is 0.333 e. The molecule has 2 aliphatic heterocycles. The highest BCUT2D eigenvalue weighted by Gasteiger charge is 2.39. The maximum Gasteiger partial charge on any atom is 0.228 e. The van der Waals surface area contributed by atoms with Crippen LogP contribution in [-0.4, -0.2) is 47.9 Å². The Labute approximate surface area is 184 Å². The number of aromatic nitrogens is 1. The maximum atomic E-state index is 13.3. The van der Waals surface area contributed by atoms with Crippen molar-refractivity contribution in [3.63, 3.8) is 0 Å². The summed E-state index contributed by atoms with van der Waals surface area (Å²) in [7, 11) is 0. The number of nitrogens with one attached hydrogen (secondary N) is 1. The SMILES string of the molecule is CCCc1ccc(N2CC(C(=O)N3CCNCC3c3cccnc3)CC2=O)cc1.Cl. The van der Waals surface area contributed by atoms with Gasteiger partial charge in [0.05, 0.1) is 12.0 Å². The van der Waals surface area contributed by atoms with E-state index in [0.29, 0.717) is 19.6 Å². The van der Waals surface area contributed by atoms with Crippen molar-refractivity contribution in [2.45, 2.75) is 32.2 Å². The minimum absolute atomic E-state index is 0. The van der Waals surface area contributed by atoms with Gasteiger partial charge in [-0.25, -0.2) is 0 Å². The van der Waals surface area contributed by atoms with E-state index >= 15 is 0 Å². The van der Waals surface area contributed by atoms with E-state index in [1.54, 1.807) is 11.1 Å². The summed E-state index contributed by atoms with van der Waals surface area (Å²) in [5.74, 6) is -0.200. The molecule has 3 heterocycles. The van der Waals surface area contributed by atoms with Gasteiger partial charge in [-0.15, -0.1) is 12.4 Å². The molecule has 2 atom stereocenters. The molecule has 160 valence electrons. The van der Waals surface area contributed by atoms with Gasteiger partial charge < -0.3 is 15.1 Å². The van der Waals surface area contributed by atoms with Gasteiger partial charge in [-0.1, -0.05) is 31.5 Å². The van der Waals surface area contributed by atoms with E-state index in [2.05, 4.69) is 29.4 Å². The van der Waals surface area contributed by atoms with Crippen LogP contribution in [0, 0.1) is 5.92 Å². The third kappa shape index (κ3) is 4.65. The Kier molecular flexibility index (Phi) is 7.45. The van der Waals surface area contributed by atoms with Crippen LogP contribution in [0.15, 0.2) is 48.8 Å². The lowest BCUT2D eigenvalue weighted by Gasteiger charge is -2.37. The summed E-state index contributed by atoms with van der Waals surface area (Å²) in [4.78, 5) is 33.9. The topological polar surface area (TPSA) is 65.5 Å². The van der Waals surface area contributed by atoms with Gasteiger partial charge in [0.25, 0.3) is 0 Å². The van der Waals surface area contributed by atoms with Crippen molar-refractivity contribution in [3.05, 3.63) is 59.9 Å². The fourth-order valence-corrected chi connectivity index (χ4v) is 4.33. The molecule has 1 aromatic carbocycles. The molecular weight excluding hydrogens is 400 g/mol. The number of hydrogen-bond acceptors (Lipinski definition) is 4. The average molecular weight is 429 g/mol. The zero-order chi connectivity index (χ0) is 20.2. The lowest BCUT2D eigenvalue weighted by molar-refractivity contribution is -0.139. The van der Waals surface area contributed by atoms with Gasteiger partial charge >= 0.3 is 0 Å². The van der Waals surface area contributed by atoms with Gasteiger partial charge in [0.1, 0.15) is 0 Å². The van der Waals surface area contributed by atoms with Gasteiger partial charge in [-0.2, -0.15) is 0 Å². The van der Waals surface area contributed by atoms with E-state index in [4.69, 9.17) is 0 Å². The number of rotatable bonds is 5. The van der Waals surface area contributed by atoms with E-state index in [-0.39, 0.29) is 42.6 Å². The smallest absolute Gasteiger partial charge is 0.228 e. The van der Waals surface area contributed by atoms with Crippen LogP contribution in [0.2, 0.25) is 0 Å². The van der Waals surface area contributed by atoms with Crippen molar-refractivity contribution in [2.75, 3.05) is 31.1 Å². The van der Waals surface area contributed by atoms with Crippen molar-refractivity contribution >= 4 is 29.9 Å². The van der Waals surface area contributed by atoms with E-state index < -0.39 is 0 Å². The number of hydrogen-bond donors (Lipinski definition) is 1. The van der Waals surface area contributed by atoms with Crippen molar-refractivity contribution in [2.24, 2.45) is 5.92 Å². The number of anilines is 1. The highest BCUT2D eigenvalue weighted by Crippen LogP contribution is 2.30. The average Bonchev–Trinajstić information content (AvgIpc) is 3.16. The number of halogens is 1. The Hall–Kier alpha value is -2.44. The summed E-state index contributed by atoms with van der Waals surface area (Å²) in [6.07, 6.45) is 5.97. The number of piperazine rings is 1. The van der Waals surface area contributed by atoms with Crippen LogP contribution in [0.25, 0.3) is 0 Å². The van der Waals surface area contributed by atoms with Crippen LogP contribution in [0.4, 0.5) is 5.69 Å². The zero-order valence-electron chi connectivity index (χ0n) is 17.3. The van der Waals surface area contributed by atoms with Crippen LogP contribution in [-0.2, 0) is 16.0 Å². The van der Waals surface area contributed by atoms with Gasteiger partial charge in [0, 0.05) is 50.7 Å². The predicted molar refractivity (Wildman–Crippen MR) is 120 cm³/mol. The minimum atomic E-state index is -0.296. The Morgan fingerprint density at radius 1 is 1.23 bits per heavy atom. The predicted octanol–water partition coefficient (Wildman–Crippen LogP) is 2.98. The number of carbonyl (C=O) groups excluding carboxylic acids is 2. The summed E-state index contributed by atoms with van der Waals surface area (Å²) >= 11 is 0. The molecule has 2 amide bonds. The number of amides is 2. The number of benzene rings is 1. The normalized spacial score (nSPS) is 21.4. The molecule has 4 rings (SSSR count). The van der Waals surface area contributed by atoms with Crippen molar-refractivity contribution in [1.29, 1.82) is 0 Å². The molecule has 2 aliphatic rings. The number of aryl methyl sites for hydroxylation is 1. The number of nitrogens with zero attached hydrogens (tertiary/aromatic N) is 3. The molecule has 2 saturated heterocycles. The molecule has 30 heavy (non-hydrogen) atoms. The summed E-state index contributed by atoms with van der Waals surface area (Å²) < 4.78 is 0. The fraction of sp³-hybridized carbons (Fsp3) is 0.435. The van der Waals surface area contributed by atoms with E-state index in [0.717, 1.165) is 30.6 Å². The third-order valence-electron chi connectivity index (χ3n) is 5.86. The van der Waals surface area contributed by atoms with Crippen LogP contribution in [0.3, 0.4) is 0 Å². The standard InChI is InChI=1S/C23H28N4O2.ClH/c1-2-4-17-6-8-20(9-7-17)27-16-19(13-22(27)28)23(29)26-12-11-25-15-21(26)18-5-3-10-24-14-18;/h3,5-10,14,19,21,25H,2,4,11-13,15-16H2,1H3;1H. The van der Waals surface area contributed by atoms with Gasteiger partial charge in [-0.3, -0.25) is 14.6 Å². The lowest BCUT2D eigenvalue weighted by atomic mass is 10.0. The molecule has 0 bridgehead atoms. The molecule has 6 nitrogen and oxygen atoms in total. The Morgan fingerprint density at radius 3 is 2.73 bits per heavy atom. The summed E-state index contributed by atoms with van der Waals surface area (Å²) in [6.45, 7) is 4.73. The van der Waals surface area contributed by atoms with Crippen molar-refractivity contribution < 1.29 is 9.59 Å². The molecule has 2 fully saturated rings. The van der Waals surface area contributed by atoms with Crippen LogP contribution < -0.4 is 10.2 Å². The van der Waals surface area contributed by atoms with Gasteiger partial charge in [-0.05, 0) is 35.7 Å². The van der Waals surface area contributed by atoms with Crippen molar-refractivity contribution in [3.8, 4) is 0 Å².